The number of anilines is 1. The lowest BCUT2D eigenvalue weighted by atomic mass is 10.1. The third kappa shape index (κ3) is 7.51. The third-order valence-corrected chi connectivity index (χ3v) is 6.69. The van der Waals surface area contributed by atoms with Gasteiger partial charge < -0.3 is 10.6 Å². The number of halogens is 4. The number of ketones is 1. The Balaban J connectivity index is 1.32. The van der Waals surface area contributed by atoms with Gasteiger partial charge in [-0.05, 0) is 13.0 Å². The van der Waals surface area contributed by atoms with E-state index in [-0.39, 0.29) is 22.7 Å². The third-order valence-electron chi connectivity index (χ3n) is 5.17. The van der Waals surface area contributed by atoms with Gasteiger partial charge in [0.2, 0.25) is 0 Å². The predicted molar refractivity (Wildman–Crippen MR) is 136 cm³/mol. The summed E-state index contributed by atoms with van der Waals surface area (Å²) in [6, 6.07) is 1.66. The SMILES string of the molecule is CC(NC(=O)c1cc(NCCN=C2CN=NN2)ncn1)c1ncc(C(=O)Cc2cc(C(F)(F)F)c(Cl)cn2)s1. The zero-order valence-corrected chi connectivity index (χ0v) is 21.7. The van der Waals surface area contributed by atoms with Crippen LogP contribution in [0.1, 0.15) is 49.4 Å². The van der Waals surface area contributed by atoms with Crippen molar-refractivity contribution >= 4 is 46.3 Å². The number of amidine groups is 1. The maximum absolute atomic E-state index is 13.1. The van der Waals surface area contributed by atoms with Crippen LogP contribution in [0.4, 0.5) is 19.0 Å². The number of hydrogen-bond donors (Lipinski definition) is 3. The minimum Gasteiger partial charge on any atom is -0.368 e. The Bertz CT molecular complexity index is 1420. The fourth-order valence-electron chi connectivity index (χ4n) is 3.27. The summed E-state index contributed by atoms with van der Waals surface area (Å²) >= 11 is 6.60. The molecule has 17 heteroatoms. The van der Waals surface area contributed by atoms with E-state index in [1.165, 1.54) is 18.6 Å². The molecule has 3 aromatic heterocycles. The van der Waals surface area contributed by atoms with E-state index in [2.05, 4.69) is 51.3 Å². The predicted octanol–water partition coefficient (Wildman–Crippen LogP) is 3.70. The molecule has 0 radical (unpaired) electrons. The van der Waals surface area contributed by atoms with Crippen LogP contribution in [0, 0.1) is 0 Å². The summed E-state index contributed by atoms with van der Waals surface area (Å²) < 4.78 is 39.3. The molecule has 3 aromatic rings. The number of nitrogens with one attached hydrogen (secondary N) is 3. The summed E-state index contributed by atoms with van der Waals surface area (Å²) in [7, 11) is 0. The normalized spacial score (nSPS) is 14.7. The van der Waals surface area contributed by atoms with Gasteiger partial charge in [0.1, 0.15) is 35.2 Å². The summed E-state index contributed by atoms with van der Waals surface area (Å²) in [4.78, 5) is 45.9. The number of hydrogen-bond acceptors (Lipinski definition) is 11. The number of carbonyl (C=O) groups is 2. The zero-order valence-electron chi connectivity index (χ0n) is 20.2. The fraction of sp³-hybridized carbons (Fsp3) is 0.318. The average molecular weight is 581 g/mol. The Morgan fingerprint density at radius 1 is 1.21 bits per heavy atom. The van der Waals surface area contributed by atoms with Crippen LogP contribution in [0.25, 0.3) is 0 Å². The Labute approximate surface area is 228 Å². The number of amides is 1. The molecule has 204 valence electrons. The first-order valence-electron chi connectivity index (χ1n) is 11.3. The smallest absolute Gasteiger partial charge is 0.368 e. The van der Waals surface area contributed by atoms with Crippen LogP contribution < -0.4 is 16.1 Å². The Hall–Kier alpha value is -4.05. The number of carbonyl (C=O) groups excluding carboxylic acids is 2. The van der Waals surface area contributed by atoms with Gasteiger partial charge >= 0.3 is 6.18 Å². The first-order valence-corrected chi connectivity index (χ1v) is 12.5. The molecule has 1 amide bonds. The Morgan fingerprint density at radius 3 is 2.77 bits per heavy atom. The van der Waals surface area contributed by atoms with E-state index in [0.29, 0.717) is 36.3 Å². The molecule has 1 aliphatic rings. The molecule has 0 saturated carbocycles. The van der Waals surface area contributed by atoms with Gasteiger partial charge in [-0.1, -0.05) is 16.8 Å². The highest BCUT2D eigenvalue weighted by atomic mass is 35.5. The fourth-order valence-corrected chi connectivity index (χ4v) is 4.33. The summed E-state index contributed by atoms with van der Waals surface area (Å²) in [5.74, 6) is 0.144. The molecule has 0 saturated heterocycles. The summed E-state index contributed by atoms with van der Waals surface area (Å²) in [5.41, 5.74) is 1.65. The molecule has 0 fully saturated rings. The van der Waals surface area contributed by atoms with Crippen molar-refractivity contribution in [2.75, 3.05) is 25.0 Å². The number of Topliss-reactive ketones (excluding diaryl/α,β-unsaturated/α-hetero) is 1. The van der Waals surface area contributed by atoms with Gasteiger partial charge in [-0.15, -0.1) is 11.3 Å². The van der Waals surface area contributed by atoms with Crippen molar-refractivity contribution in [2.24, 2.45) is 15.3 Å². The molecule has 3 N–H and O–H groups in total. The average Bonchev–Trinajstić information content (AvgIpc) is 3.60. The van der Waals surface area contributed by atoms with Crippen molar-refractivity contribution < 1.29 is 22.8 Å². The summed E-state index contributed by atoms with van der Waals surface area (Å²) in [5, 5.41) is 13.1. The maximum atomic E-state index is 13.1. The highest BCUT2D eigenvalue weighted by Crippen LogP contribution is 2.34. The van der Waals surface area contributed by atoms with Gasteiger partial charge in [0.05, 0.1) is 34.5 Å². The minimum absolute atomic E-state index is 0.0742. The lowest BCUT2D eigenvalue weighted by Crippen LogP contribution is -2.27. The maximum Gasteiger partial charge on any atom is 0.417 e. The van der Waals surface area contributed by atoms with Crippen LogP contribution in [-0.2, 0) is 12.6 Å². The molecule has 0 aliphatic carbocycles. The zero-order chi connectivity index (χ0) is 28.0. The summed E-state index contributed by atoms with van der Waals surface area (Å²) in [6.45, 7) is 2.99. The van der Waals surface area contributed by atoms with Crippen molar-refractivity contribution in [3.8, 4) is 0 Å². The van der Waals surface area contributed by atoms with Crippen LogP contribution >= 0.6 is 22.9 Å². The van der Waals surface area contributed by atoms with E-state index < -0.39 is 34.5 Å². The molecule has 0 spiro atoms. The molecule has 1 atom stereocenters. The molecule has 0 bridgehead atoms. The minimum atomic E-state index is -4.67. The van der Waals surface area contributed by atoms with E-state index in [4.69, 9.17) is 11.6 Å². The highest BCUT2D eigenvalue weighted by Gasteiger charge is 2.34. The number of nitrogens with zero attached hydrogens (tertiary/aromatic N) is 7. The number of pyridine rings is 1. The van der Waals surface area contributed by atoms with Crippen molar-refractivity contribution in [3.63, 3.8) is 0 Å². The molecule has 4 heterocycles. The lowest BCUT2D eigenvalue weighted by molar-refractivity contribution is -0.137. The number of aromatic nitrogens is 4. The largest absolute Gasteiger partial charge is 0.417 e. The number of alkyl halides is 3. The van der Waals surface area contributed by atoms with Gasteiger partial charge in [0.15, 0.2) is 5.78 Å². The van der Waals surface area contributed by atoms with Crippen molar-refractivity contribution in [1.29, 1.82) is 0 Å². The van der Waals surface area contributed by atoms with E-state index in [1.807, 2.05) is 0 Å². The molecule has 4 rings (SSSR count). The second-order valence-electron chi connectivity index (χ2n) is 8.07. The van der Waals surface area contributed by atoms with Crippen LogP contribution in [0.5, 0.6) is 0 Å². The van der Waals surface area contributed by atoms with E-state index >= 15 is 0 Å². The Kier molecular flexibility index (Phi) is 8.75. The van der Waals surface area contributed by atoms with Crippen molar-refractivity contribution in [2.45, 2.75) is 25.6 Å². The van der Waals surface area contributed by atoms with Gasteiger partial charge in [0.25, 0.3) is 5.91 Å². The van der Waals surface area contributed by atoms with E-state index in [0.717, 1.165) is 23.6 Å². The molecule has 1 aliphatic heterocycles. The molecule has 12 nitrogen and oxygen atoms in total. The quantitative estimate of drug-likeness (QED) is 0.242. The van der Waals surface area contributed by atoms with Crippen LogP contribution in [0.2, 0.25) is 5.02 Å². The first-order chi connectivity index (χ1) is 18.6. The molecule has 1 unspecified atom stereocenters. The highest BCUT2D eigenvalue weighted by molar-refractivity contribution is 7.13. The van der Waals surface area contributed by atoms with Gasteiger partial charge in [-0.25, -0.2) is 20.4 Å². The topological polar surface area (TPSA) is 159 Å². The van der Waals surface area contributed by atoms with Crippen molar-refractivity contribution in [3.05, 3.63) is 62.7 Å². The second kappa shape index (κ2) is 12.2. The number of rotatable bonds is 10. The van der Waals surface area contributed by atoms with E-state index in [9.17, 15) is 22.8 Å². The molecule has 39 heavy (non-hydrogen) atoms. The molecular formula is C22H20ClF3N10O2S. The summed E-state index contributed by atoms with van der Waals surface area (Å²) in [6.07, 6.45) is -1.61. The molecule has 0 aromatic carbocycles. The van der Waals surface area contributed by atoms with Crippen LogP contribution in [0.15, 0.2) is 46.2 Å². The van der Waals surface area contributed by atoms with Crippen LogP contribution in [-0.4, -0.2) is 57.1 Å². The Morgan fingerprint density at radius 2 is 2.03 bits per heavy atom. The molecular weight excluding hydrogens is 561 g/mol. The lowest BCUT2D eigenvalue weighted by Gasteiger charge is -2.11. The monoisotopic (exact) mass is 580 g/mol. The number of aliphatic imine (C=N–C) groups is 1. The number of thiazole rings is 1. The second-order valence-corrected chi connectivity index (χ2v) is 9.54. The van der Waals surface area contributed by atoms with Crippen LogP contribution in [0.3, 0.4) is 0 Å². The van der Waals surface area contributed by atoms with Crippen molar-refractivity contribution in [1.82, 2.24) is 30.7 Å². The van der Waals surface area contributed by atoms with Gasteiger partial charge in [-0.2, -0.15) is 18.3 Å². The first kappa shape index (κ1) is 28.0. The van der Waals surface area contributed by atoms with E-state index in [1.54, 1.807) is 6.92 Å². The standard InChI is InChI=1S/C22H20ClF3N10O2S/c1-11(34-20(38)15-6-18(32-10-31-15)27-2-3-28-19-9-33-36-35-19)21-30-8-17(39-21)16(37)5-12-4-13(22(24,25)26)14(23)7-29-12/h4,6-8,10-11H,2-3,5,9H2,1H3,(H,34,38)(H,27,31,32)(H,28,33,35). The van der Waals surface area contributed by atoms with Gasteiger partial charge in [0, 0.05) is 30.7 Å². The van der Waals surface area contributed by atoms with Gasteiger partial charge in [-0.3, -0.25) is 19.6 Å².